The third-order valence-corrected chi connectivity index (χ3v) is 4.17. The minimum atomic E-state index is -3.52. The Morgan fingerprint density at radius 1 is 1.19 bits per heavy atom. The van der Waals surface area contributed by atoms with Crippen molar-refractivity contribution in [2.24, 2.45) is 5.41 Å². The van der Waals surface area contributed by atoms with Crippen LogP contribution in [0, 0.1) is 5.41 Å². The monoisotopic (exact) mass is 344 g/mol. The number of carbonyl (C=O) groups is 1. The van der Waals surface area contributed by atoms with Gasteiger partial charge in [0.2, 0.25) is 0 Å². The molecule has 0 aliphatic rings. The Hall–Kier alpha value is -0.530. The van der Waals surface area contributed by atoms with E-state index < -0.39 is 16.3 Å². The van der Waals surface area contributed by atoms with E-state index in [0.29, 0.717) is 19.3 Å². The number of alkyl halides is 1. The van der Waals surface area contributed by atoms with E-state index in [4.69, 9.17) is 20.5 Å². The molecule has 0 aromatic rings. The summed E-state index contributed by atoms with van der Waals surface area (Å²) in [6.45, 7) is 6.10. The quantitative estimate of drug-likeness (QED) is 0.248. The van der Waals surface area contributed by atoms with E-state index in [2.05, 4.69) is 4.74 Å². The molecule has 0 amide bonds. The predicted octanol–water partition coefficient (Wildman–Crippen LogP) is 2.94. The van der Waals surface area contributed by atoms with Crippen LogP contribution >= 0.6 is 11.6 Å². The van der Waals surface area contributed by atoms with Crippen molar-refractivity contribution in [2.75, 3.05) is 31.5 Å². The van der Waals surface area contributed by atoms with Crippen LogP contribution in [-0.2, 0) is 23.8 Å². The molecular weight excluding hydrogens is 320 g/mol. The Bertz CT molecular complexity index is 393. The van der Waals surface area contributed by atoms with Crippen LogP contribution in [0.3, 0.4) is 0 Å². The average molecular weight is 345 g/mol. The molecule has 126 valence electrons. The summed E-state index contributed by atoms with van der Waals surface area (Å²) in [5, 5.41) is 0. The number of carbonyl (C=O) groups excluding carboxylic acids is 1. The highest BCUT2D eigenvalue weighted by atomic mass is 35.5. The van der Waals surface area contributed by atoms with Gasteiger partial charge in [-0.05, 0) is 31.6 Å². The number of halogens is 1. The van der Waals surface area contributed by atoms with Gasteiger partial charge in [-0.1, -0.05) is 13.8 Å². The maximum Gasteiger partial charge on any atom is 0.508 e. The predicted molar refractivity (Wildman–Crippen MR) is 81.1 cm³/mol. The molecule has 0 atom stereocenters. The molecule has 21 heavy (non-hydrogen) atoms. The van der Waals surface area contributed by atoms with Crippen LogP contribution in [0.1, 0.15) is 40.0 Å². The first-order chi connectivity index (χ1) is 9.72. The Labute approximate surface area is 132 Å². The van der Waals surface area contributed by atoms with Crippen LogP contribution in [0.5, 0.6) is 0 Å². The van der Waals surface area contributed by atoms with Crippen molar-refractivity contribution in [2.45, 2.75) is 40.0 Å². The highest BCUT2D eigenvalue weighted by molar-refractivity contribution is 7.86. The van der Waals surface area contributed by atoms with Gasteiger partial charge >= 0.3 is 6.16 Å². The minimum Gasteiger partial charge on any atom is -0.435 e. The molecule has 0 saturated carbocycles. The number of hydrogen-bond donors (Lipinski definition) is 0. The Morgan fingerprint density at radius 2 is 1.86 bits per heavy atom. The lowest BCUT2D eigenvalue weighted by atomic mass is 9.89. The molecule has 0 aromatic heterocycles. The average Bonchev–Trinajstić information content (AvgIpc) is 2.40. The summed E-state index contributed by atoms with van der Waals surface area (Å²) in [6, 6.07) is 0. The van der Waals surface area contributed by atoms with Gasteiger partial charge in [-0.2, -0.15) is 8.42 Å². The minimum absolute atomic E-state index is 0.0709. The van der Waals surface area contributed by atoms with E-state index in [-0.39, 0.29) is 36.9 Å². The second-order valence-corrected chi connectivity index (χ2v) is 7.50. The molecule has 0 bridgehead atoms. The largest absolute Gasteiger partial charge is 0.508 e. The fourth-order valence-electron chi connectivity index (χ4n) is 1.48. The Kier molecular flexibility index (Phi) is 9.98. The molecule has 0 spiro atoms. The van der Waals surface area contributed by atoms with E-state index in [9.17, 15) is 13.2 Å². The highest BCUT2D eigenvalue weighted by Gasteiger charge is 2.22. The maximum atomic E-state index is 11.6. The summed E-state index contributed by atoms with van der Waals surface area (Å²) in [7, 11) is -3.52. The van der Waals surface area contributed by atoms with Gasteiger partial charge in [0.25, 0.3) is 10.1 Å². The molecule has 0 heterocycles. The van der Waals surface area contributed by atoms with Crippen molar-refractivity contribution in [3.05, 3.63) is 0 Å². The standard InChI is InChI=1S/C13H25ClO6S/c1-4-18-12(15)19-9-5-7-13(2,3)11-20-21(16,17)10-6-8-14/h4-11H2,1-3H3. The maximum absolute atomic E-state index is 11.6. The van der Waals surface area contributed by atoms with Gasteiger partial charge in [-0.15, -0.1) is 11.6 Å². The molecule has 8 heteroatoms. The molecule has 0 radical (unpaired) electrons. The molecule has 0 aliphatic carbocycles. The van der Waals surface area contributed by atoms with Gasteiger partial charge in [-0.25, -0.2) is 4.79 Å². The van der Waals surface area contributed by atoms with Crippen LogP contribution in [0.4, 0.5) is 4.79 Å². The lowest BCUT2D eigenvalue weighted by Gasteiger charge is -2.23. The van der Waals surface area contributed by atoms with Crippen molar-refractivity contribution in [3.8, 4) is 0 Å². The molecule has 0 unspecified atom stereocenters. The smallest absolute Gasteiger partial charge is 0.435 e. The van der Waals surface area contributed by atoms with E-state index in [0.717, 1.165) is 0 Å². The Morgan fingerprint density at radius 3 is 2.43 bits per heavy atom. The van der Waals surface area contributed by atoms with Gasteiger partial charge in [0.15, 0.2) is 0 Å². The van der Waals surface area contributed by atoms with Crippen LogP contribution in [0.2, 0.25) is 0 Å². The molecule has 0 fully saturated rings. The summed E-state index contributed by atoms with van der Waals surface area (Å²) >= 11 is 5.46. The summed E-state index contributed by atoms with van der Waals surface area (Å²) in [6.07, 6.45) is 0.960. The van der Waals surface area contributed by atoms with Crippen LogP contribution in [0.25, 0.3) is 0 Å². The van der Waals surface area contributed by atoms with E-state index in [1.165, 1.54) is 0 Å². The van der Waals surface area contributed by atoms with Gasteiger partial charge in [0.05, 0.1) is 25.6 Å². The zero-order chi connectivity index (χ0) is 16.4. The van der Waals surface area contributed by atoms with Crippen molar-refractivity contribution in [1.82, 2.24) is 0 Å². The fraction of sp³-hybridized carbons (Fsp3) is 0.923. The van der Waals surface area contributed by atoms with Crippen LogP contribution < -0.4 is 0 Å². The Balaban J connectivity index is 3.95. The number of rotatable bonds is 11. The highest BCUT2D eigenvalue weighted by Crippen LogP contribution is 2.23. The van der Waals surface area contributed by atoms with Crippen LogP contribution in [-0.4, -0.2) is 46.0 Å². The van der Waals surface area contributed by atoms with E-state index >= 15 is 0 Å². The molecule has 6 nitrogen and oxygen atoms in total. The fourth-order valence-corrected chi connectivity index (χ4v) is 2.88. The molecule has 0 saturated heterocycles. The van der Waals surface area contributed by atoms with Gasteiger partial charge < -0.3 is 9.47 Å². The first-order valence-electron chi connectivity index (χ1n) is 6.95. The zero-order valence-corrected chi connectivity index (χ0v) is 14.5. The SMILES string of the molecule is CCOC(=O)OCCCC(C)(C)COS(=O)(=O)CCCCl. The second-order valence-electron chi connectivity index (χ2n) is 5.37. The molecular formula is C13H25ClO6S. The number of ether oxygens (including phenoxy) is 2. The molecule has 0 rings (SSSR count). The van der Waals surface area contributed by atoms with Crippen LogP contribution in [0.15, 0.2) is 0 Å². The summed E-state index contributed by atoms with van der Waals surface area (Å²) in [5.41, 5.74) is -0.327. The number of hydrogen-bond acceptors (Lipinski definition) is 6. The van der Waals surface area contributed by atoms with Gasteiger partial charge in [0.1, 0.15) is 0 Å². The molecule has 0 aliphatic heterocycles. The summed E-state index contributed by atoms with van der Waals surface area (Å²) < 4.78 is 37.6. The topological polar surface area (TPSA) is 78.9 Å². The van der Waals surface area contributed by atoms with Gasteiger partial charge in [0, 0.05) is 5.88 Å². The third-order valence-electron chi connectivity index (χ3n) is 2.64. The van der Waals surface area contributed by atoms with E-state index in [1.807, 2.05) is 13.8 Å². The third kappa shape index (κ3) is 11.8. The first-order valence-corrected chi connectivity index (χ1v) is 9.06. The zero-order valence-electron chi connectivity index (χ0n) is 12.9. The van der Waals surface area contributed by atoms with E-state index in [1.54, 1.807) is 6.92 Å². The summed E-state index contributed by atoms with van der Waals surface area (Å²) in [5.74, 6) is 0.218. The molecule has 0 N–H and O–H groups in total. The van der Waals surface area contributed by atoms with Crippen molar-refractivity contribution in [1.29, 1.82) is 0 Å². The van der Waals surface area contributed by atoms with Crippen molar-refractivity contribution in [3.63, 3.8) is 0 Å². The second kappa shape index (κ2) is 10.2. The van der Waals surface area contributed by atoms with Gasteiger partial charge in [-0.3, -0.25) is 4.18 Å². The lowest BCUT2D eigenvalue weighted by molar-refractivity contribution is 0.0543. The van der Waals surface area contributed by atoms with Crippen molar-refractivity contribution >= 4 is 27.9 Å². The lowest BCUT2D eigenvalue weighted by Crippen LogP contribution is -2.24. The van der Waals surface area contributed by atoms with Crippen molar-refractivity contribution < 1.29 is 26.9 Å². The molecule has 0 aromatic carbocycles. The normalized spacial score (nSPS) is 12.2. The first kappa shape index (κ1) is 20.5. The summed E-state index contributed by atoms with van der Waals surface area (Å²) in [4.78, 5) is 11.0.